The van der Waals surface area contributed by atoms with Crippen LogP contribution < -0.4 is 0 Å². The summed E-state index contributed by atoms with van der Waals surface area (Å²) in [5, 5.41) is 0. The van der Waals surface area contributed by atoms with E-state index in [2.05, 4.69) is 4.90 Å². The van der Waals surface area contributed by atoms with Crippen molar-refractivity contribution in [2.24, 2.45) is 0 Å². The van der Waals surface area contributed by atoms with Gasteiger partial charge in [-0.25, -0.2) is 13.2 Å². The molecular formula is C19H21NO4S. The summed E-state index contributed by atoms with van der Waals surface area (Å²) in [7, 11) is -3.65. The Morgan fingerprint density at radius 3 is 2.68 bits per heavy atom. The molecular weight excluding hydrogens is 338 g/mol. The average molecular weight is 359 g/mol. The van der Waals surface area contributed by atoms with Crippen molar-refractivity contribution in [1.82, 2.24) is 4.90 Å². The molecule has 3 fully saturated rings. The van der Waals surface area contributed by atoms with Gasteiger partial charge in [0.1, 0.15) is 4.75 Å². The van der Waals surface area contributed by atoms with Crippen molar-refractivity contribution < 1.29 is 17.9 Å². The Labute approximate surface area is 147 Å². The first-order valence-corrected chi connectivity index (χ1v) is 10.4. The number of fused-ring (bicyclic) bond motifs is 1. The number of benzene rings is 1. The van der Waals surface area contributed by atoms with E-state index in [-0.39, 0.29) is 18.1 Å². The van der Waals surface area contributed by atoms with Crippen molar-refractivity contribution >= 4 is 15.8 Å². The van der Waals surface area contributed by atoms with Crippen molar-refractivity contribution in [3.05, 3.63) is 42.0 Å². The summed E-state index contributed by atoms with van der Waals surface area (Å²) >= 11 is 0. The van der Waals surface area contributed by atoms with E-state index in [1.165, 1.54) is 6.08 Å². The first kappa shape index (κ1) is 15.6. The molecule has 1 spiro atoms. The first-order chi connectivity index (χ1) is 11.9. The molecule has 4 atom stereocenters. The Hall–Kier alpha value is -1.66. The Kier molecular flexibility index (Phi) is 2.95. The predicted octanol–water partition coefficient (Wildman–Crippen LogP) is 2.08. The molecule has 0 N–H and O–H groups in total. The first-order valence-electron chi connectivity index (χ1n) is 8.94. The van der Waals surface area contributed by atoms with Crippen LogP contribution in [0.4, 0.5) is 0 Å². The van der Waals surface area contributed by atoms with Gasteiger partial charge in [-0.15, -0.1) is 0 Å². The molecule has 2 saturated heterocycles. The predicted molar refractivity (Wildman–Crippen MR) is 91.7 cm³/mol. The van der Waals surface area contributed by atoms with E-state index in [0.717, 1.165) is 31.4 Å². The van der Waals surface area contributed by atoms with Crippen LogP contribution in [0.15, 0.2) is 46.9 Å². The van der Waals surface area contributed by atoms with Crippen LogP contribution in [0.3, 0.4) is 0 Å². The Morgan fingerprint density at radius 1 is 1.20 bits per heavy atom. The average Bonchev–Trinajstić information content (AvgIpc) is 2.96. The largest absolute Gasteiger partial charge is 0.448 e. The zero-order chi connectivity index (χ0) is 17.4. The smallest absolute Gasteiger partial charge is 0.331 e. The van der Waals surface area contributed by atoms with Crippen LogP contribution in [0.1, 0.15) is 32.6 Å². The Morgan fingerprint density at radius 2 is 1.96 bits per heavy atom. The van der Waals surface area contributed by atoms with Gasteiger partial charge in [0, 0.05) is 12.1 Å². The van der Waals surface area contributed by atoms with Crippen molar-refractivity contribution in [2.45, 2.75) is 59.9 Å². The highest BCUT2D eigenvalue weighted by Crippen LogP contribution is 2.68. The van der Waals surface area contributed by atoms with Gasteiger partial charge in [0.2, 0.25) is 0 Å². The fraction of sp³-hybridized carbons (Fsp3) is 0.526. The number of rotatable bonds is 2. The van der Waals surface area contributed by atoms with Crippen LogP contribution >= 0.6 is 0 Å². The van der Waals surface area contributed by atoms with Gasteiger partial charge in [0.15, 0.2) is 15.4 Å². The van der Waals surface area contributed by atoms with Crippen molar-refractivity contribution in [2.75, 3.05) is 6.54 Å². The molecule has 0 bridgehead atoms. The summed E-state index contributed by atoms with van der Waals surface area (Å²) in [6.07, 6.45) is 4.90. The molecule has 4 aliphatic rings. The minimum atomic E-state index is -3.65. The SMILES string of the molecule is C[C@@H]1N2CCCC[C@@H]2[C@@]23OC(=O)C=C2CC13S(=O)(=O)c1ccccc1. The van der Waals surface area contributed by atoms with Crippen LogP contribution in [0.2, 0.25) is 0 Å². The van der Waals surface area contributed by atoms with Crippen molar-refractivity contribution in [3.8, 4) is 0 Å². The van der Waals surface area contributed by atoms with Crippen molar-refractivity contribution in [3.63, 3.8) is 0 Å². The van der Waals surface area contributed by atoms with Gasteiger partial charge < -0.3 is 4.74 Å². The van der Waals surface area contributed by atoms with Gasteiger partial charge in [-0.2, -0.15) is 0 Å². The van der Waals surface area contributed by atoms with E-state index in [0.29, 0.717) is 11.3 Å². The lowest BCUT2D eigenvalue weighted by atomic mass is 9.61. The monoisotopic (exact) mass is 359 g/mol. The Balaban J connectivity index is 1.75. The molecule has 3 heterocycles. The van der Waals surface area contributed by atoms with E-state index < -0.39 is 20.2 Å². The molecule has 0 radical (unpaired) electrons. The number of hydrogen-bond acceptors (Lipinski definition) is 5. The molecule has 6 heteroatoms. The fourth-order valence-corrected chi connectivity index (χ4v) is 8.40. The molecule has 1 aliphatic carbocycles. The lowest BCUT2D eigenvalue weighted by molar-refractivity contribution is -0.154. The topological polar surface area (TPSA) is 63.7 Å². The molecule has 5 nitrogen and oxygen atoms in total. The lowest BCUT2D eigenvalue weighted by Crippen LogP contribution is -2.71. The molecule has 0 aromatic heterocycles. The van der Waals surface area contributed by atoms with Gasteiger partial charge >= 0.3 is 5.97 Å². The van der Waals surface area contributed by atoms with Crippen LogP contribution in [0.5, 0.6) is 0 Å². The van der Waals surface area contributed by atoms with E-state index in [9.17, 15) is 13.2 Å². The molecule has 1 aromatic rings. The third-order valence-corrected chi connectivity index (χ3v) is 9.47. The highest BCUT2D eigenvalue weighted by Gasteiger charge is 2.83. The molecule has 1 aromatic carbocycles. The minimum Gasteiger partial charge on any atom is -0.448 e. The molecule has 132 valence electrons. The summed E-state index contributed by atoms with van der Waals surface area (Å²) < 4.78 is 32.3. The molecule has 5 rings (SSSR count). The quantitative estimate of drug-likeness (QED) is 0.757. The molecule has 3 aliphatic heterocycles. The number of carbonyl (C=O) groups excluding carboxylic acids is 1. The second kappa shape index (κ2) is 4.74. The van der Waals surface area contributed by atoms with E-state index in [1.807, 2.05) is 13.0 Å². The third-order valence-electron chi connectivity index (χ3n) is 6.83. The van der Waals surface area contributed by atoms with Crippen molar-refractivity contribution in [1.29, 1.82) is 0 Å². The summed E-state index contributed by atoms with van der Waals surface area (Å²) in [4.78, 5) is 14.7. The number of esters is 1. The standard InChI is InChI=1S/C19H21NO4S/c1-13-18(25(22,23)15-7-3-2-4-8-15)12-14-11-17(21)24-19(14,18)16-9-5-6-10-20(13)16/h2-4,7-8,11,13,16H,5-6,9-10,12H2,1H3/t13-,16+,18?,19-/m0/s1. The molecule has 0 amide bonds. The number of ether oxygens (including phenoxy) is 1. The third kappa shape index (κ3) is 1.55. The maximum absolute atomic E-state index is 13.8. The van der Waals surface area contributed by atoms with E-state index in [1.54, 1.807) is 24.3 Å². The zero-order valence-corrected chi connectivity index (χ0v) is 15.0. The fourth-order valence-electron chi connectivity index (χ4n) is 5.82. The number of carbonyl (C=O) groups is 1. The van der Waals surface area contributed by atoms with Gasteiger partial charge in [-0.3, -0.25) is 4.90 Å². The lowest BCUT2D eigenvalue weighted by Gasteiger charge is -2.54. The molecule has 1 unspecified atom stereocenters. The maximum atomic E-state index is 13.8. The number of piperidine rings is 1. The normalized spacial score (nSPS) is 39.7. The minimum absolute atomic E-state index is 0.0267. The van der Waals surface area contributed by atoms with E-state index >= 15 is 0 Å². The van der Waals surface area contributed by atoms with Crippen LogP contribution in [-0.2, 0) is 19.4 Å². The summed E-state index contributed by atoms with van der Waals surface area (Å²) in [5.41, 5.74) is -0.114. The van der Waals surface area contributed by atoms with Crippen LogP contribution in [0.25, 0.3) is 0 Å². The highest BCUT2D eigenvalue weighted by atomic mass is 32.2. The van der Waals surface area contributed by atoms with E-state index in [4.69, 9.17) is 4.74 Å². The number of sulfone groups is 1. The second-order valence-corrected chi connectivity index (χ2v) is 9.84. The van der Waals surface area contributed by atoms with Gasteiger partial charge in [-0.1, -0.05) is 24.6 Å². The summed E-state index contributed by atoms with van der Waals surface area (Å²) in [5.74, 6) is -0.389. The summed E-state index contributed by atoms with van der Waals surface area (Å²) in [6.45, 7) is 2.86. The summed E-state index contributed by atoms with van der Waals surface area (Å²) in [6, 6.07) is 8.42. The van der Waals surface area contributed by atoms with Crippen LogP contribution in [-0.4, -0.2) is 48.3 Å². The highest BCUT2D eigenvalue weighted by molar-refractivity contribution is 7.93. The van der Waals surface area contributed by atoms with Gasteiger partial charge in [-0.05, 0) is 50.4 Å². The van der Waals surface area contributed by atoms with Gasteiger partial charge in [0.25, 0.3) is 0 Å². The van der Waals surface area contributed by atoms with Gasteiger partial charge in [0.05, 0.1) is 10.9 Å². The number of hydrogen-bond donors (Lipinski definition) is 0. The molecule has 1 saturated carbocycles. The van der Waals surface area contributed by atoms with Crippen LogP contribution in [0, 0.1) is 0 Å². The Bertz CT molecular complexity index is 893. The zero-order valence-electron chi connectivity index (χ0n) is 14.1. The number of nitrogens with zero attached hydrogens (tertiary/aromatic N) is 1. The second-order valence-electron chi connectivity index (χ2n) is 7.63. The maximum Gasteiger partial charge on any atom is 0.331 e. The molecule has 25 heavy (non-hydrogen) atoms.